The molecule has 1 rings (SSSR count). The predicted octanol–water partition coefficient (Wildman–Crippen LogP) is 0.702. The zero-order valence-corrected chi connectivity index (χ0v) is 8.06. The van der Waals surface area contributed by atoms with Gasteiger partial charge in [-0.05, 0) is 12.8 Å². The fourth-order valence-electron chi connectivity index (χ4n) is 1.19. The van der Waals surface area contributed by atoms with Crippen LogP contribution in [-0.4, -0.2) is 26.5 Å². The minimum absolute atomic E-state index is 0.223. The maximum Gasteiger partial charge on any atom is 0.252 e. The average Bonchev–Trinajstić information content (AvgIpc) is 2.65. The van der Waals surface area contributed by atoms with Gasteiger partial charge in [0.1, 0.15) is 12.4 Å². The van der Waals surface area contributed by atoms with Crippen LogP contribution >= 0.6 is 0 Å². The lowest BCUT2D eigenvalue weighted by atomic mass is 10.2. The Morgan fingerprint density at radius 3 is 2.79 bits per heavy atom. The van der Waals surface area contributed by atoms with Gasteiger partial charge in [-0.3, -0.25) is 4.68 Å². The molecule has 1 aromatic heterocycles. The maximum absolute atomic E-state index is 8.55. The van der Waals surface area contributed by atoms with E-state index in [1.165, 1.54) is 0 Å². The van der Waals surface area contributed by atoms with Crippen molar-refractivity contribution in [2.45, 2.75) is 32.2 Å². The number of nitriles is 1. The topological polar surface area (TPSA) is 74.7 Å². The molecular formula is C9H14N4O. The highest BCUT2D eigenvalue weighted by molar-refractivity contribution is 5.05. The SMILES string of the molecule is N#Cc1ncn(CCCCCCO)n1. The summed E-state index contributed by atoms with van der Waals surface area (Å²) >= 11 is 0. The molecule has 0 unspecified atom stereocenters. The number of unbranched alkanes of at least 4 members (excludes halogenated alkanes) is 3. The van der Waals surface area contributed by atoms with Crippen molar-refractivity contribution in [3.63, 3.8) is 0 Å². The Kier molecular flexibility index (Phi) is 4.65. The van der Waals surface area contributed by atoms with Crippen molar-refractivity contribution in [3.05, 3.63) is 12.2 Å². The van der Waals surface area contributed by atoms with Gasteiger partial charge in [-0.15, -0.1) is 5.10 Å². The Morgan fingerprint density at radius 2 is 2.14 bits per heavy atom. The molecule has 0 amide bonds. The Bertz CT molecular complexity index is 302. The molecule has 0 bridgehead atoms. The number of aliphatic hydroxyl groups excluding tert-OH is 1. The maximum atomic E-state index is 8.55. The zero-order valence-electron chi connectivity index (χ0n) is 8.06. The summed E-state index contributed by atoms with van der Waals surface area (Å²) in [7, 11) is 0. The molecule has 0 aromatic carbocycles. The van der Waals surface area contributed by atoms with Crippen molar-refractivity contribution in [1.29, 1.82) is 5.26 Å². The van der Waals surface area contributed by atoms with Crippen LogP contribution in [0.15, 0.2) is 6.33 Å². The molecule has 0 saturated carbocycles. The van der Waals surface area contributed by atoms with E-state index >= 15 is 0 Å². The van der Waals surface area contributed by atoms with Crippen LogP contribution in [0.3, 0.4) is 0 Å². The third-order valence-electron chi connectivity index (χ3n) is 1.93. The van der Waals surface area contributed by atoms with Crippen molar-refractivity contribution in [2.75, 3.05) is 6.61 Å². The van der Waals surface area contributed by atoms with E-state index in [4.69, 9.17) is 10.4 Å². The summed E-state index contributed by atoms with van der Waals surface area (Å²) in [6.45, 7) is 1.06. The van der Waals surface area contributed by atoms with Crippen molar-refractivity contribution in [3.8, 4) is 6.07 Å². The van der Waals surface area contributed by atoms with Crippen LogP contribution in [0.25, 0.3) is 0 Å². The highest BCUT2D eigenvalue weighted by atomic mass is 16.2. The molecule has 0 fully saturated rings. The Labute approximate surface area is 83.0 Å². The molecule has 5 nitrogen and oxygen atoms in total. The van der Waals surface area contributed by atoms with Crippen LogP contribution in [0.2, 0.25) is 0 Å². The highest BCUT2D eigenvalue weighted by Crippen LogP contribution is 2.01. The van der Waals surface area contributed by atoms with E-state index in [9.17, 15) is 0 Å². The molecule has 1 heterocycles. The van der Waals surface area contributed by atoms with Crippen LogP contribution in [0.1, 0.15) is 31.5 Å². The number of rotatable bonds is 6. The fraction of sp³-hybridized carbons (Fsp3) is 0.667. The third kappa shape index (κ3) is 3.54. The van der Waals surface area contributed by atoms with E-state index in [0.29, 0.717) is 0 Å². The Hall–Kier alpha value is -1.41. The molecule has 0 aliphatic heterocycles. The normalized spacial score (nSPS) is 10.0. The summed E-state index contributed by atoms with van der Waals surface area (Å²) in [5.41, 5.74) is 0. The van der Waals surface area contributed by atoms with Gasteiger partial charge >= 0.3 is 0 Å². The molecule has 1 aromatic rings. The summed E-state index contributed by atoms with van der Waals surface area (Å²) in [5, 5.41) is 21.0. The van der Waals surface area contributed by atoms with E-state index in [0.717, 1.165) is 32.2 Å². The van der Waals surface area contributed by atoms with Gasteiger partial charge < -0.3 is 5.11 Å². The van der Waals surface area contributed by atoms with Gasteiger partial charge in [0.15, 0.2) is 0 Å². The lowest BCUT2D eigenvalue weighted by molar-refractivity contribution is 0.282. The number of hydrogen-bond donors (Lipinski definition) is 1. The molecule has 0 spiro atoms. The average molecular weight is 194 g/mol. The summed E-state index contributed by atoms with van der Waals surface area (Å²) in [5.74, 6) is 0.223. The molecule has 0 radical (unpaired) electrons. The Morgan fingerprint density at radius 1 is 1.36 bits per heavy atom. The van der Waals surface area contributed by atoms with E-state index in [1.807, 2.05) is 6.07 Å². The lowest BCUT2D eigenvalue weighted by Gasteiger charge is -1.99. The molecular weight excluding hydrogens is 180 g/mol. The molecule has 0 aliphatic carbocycles. The summed E-state index contributed by atoms with van der Waals surface area (Å²) in [6.07, 6.45) is 5.55. The third-order valence-corrected chi connectivity index (χ3v) is 1.93. The number of hydrogen-bond acceptors (Lipinski definition) is 4. The van der Waals surface area contributed by atoms with Crippen molar-refractivity contribution < 1.29 is 5.11 Å². The first kappa shape index (κ1) is 10.7. The number of aryl methyl sites for hydroxylation is 1. The second-order valence-corrected chi connectivity index (χ2v) is 3.08. The van der Waals surface area contributed by atoms with E-state index in [-0.39, 0.29) is 12.4 Å². The van der Waals surface area contributed by atoms with E-state index in [2.05, 4.69) is 10.1 Å². The highest BCUT2D eigenvalue weighted by Gasteiger charge is 1.97. The number of nitrogens with zero attached hydrogens (tertiary/aromatic N) is 4. The second-order valence-electron chi connectivity index (χ2n) is 3.08. The minimum atomic E-state index is 0.223. The van der Waals surface area contributed by atoms with Crippen LogP contribution in [0.4, 0.5) is 0 Å². The first-order chi connectivity index (χ1) is 6.86. The number of aliphatic hydroxyl groups is 1. The smallest absolute Gasteiger partial charge is 0.252 e. The largest absolute Gasteiger partial charge is 0.396 e. The van der Waals surface area contributed by atoms with Crippen LogP contribution in [0, 0.1) is 11.3 Å². The summed E-state index contributed by atoms with van der Waals surface area (Å²) in [6, 6.07) is 1.88. The van der Waals surface area contributed by atoms with Crippen LogP contribution < -0.4 is 0 Å². The second kappa shape index (κ2) is 6.11. The van der Waals surface area contributed by atoms with E-state index in [1.54, 1.807) is 11.0 Å². The van der Waals surface area contributed by atoms with Crippen LogP contribution in [-0.2, 0) is 6.54 Å². The van der Waals surface area contributed by atoms with Gasteiger partial charge in [-0.2, -0.15) is 5.26 Å². The molecule has 0 atom stereocenters. The lowest BCUT2D eigenvalue weighted by Crippen LogP contribution is -1.99. The molecule has 0 aliphatic rings. The first-order valence-corrected chi connectivity index (χ1v) is 4.77. The van der Waals surface area contributed by atoms with Crippen LogP contribution in [0.5, 0.6) is 0 Å². The molecule has 0 saturated heterocycles. The van der Waals surface area contributed by atoms with Gasteiger partial charge in [0, 0.05) is 13.2 Å². The molecule has 14 heavy (non-hydrogen) atoms. The monoisotopic (exact) mass is 194 g/mol. The van der Waals surface area contributed by atoms with Crippen molar-refractivity contribution in [1.82, 2.24) is 14.8 Å². The predicted molar refractivity (Wildman–Crippen MR) is 50.3 cm³/mol. The quantitative estimate of drug-likeness (QED) is 0.676. The summed E-state index contributed by atoms with van der Waals surface area (Å²) in [4.78, 5) is 3.80. The molecule has 76 valence electrons. The fourth-order valence-corrected chi connectivity index (χ4v) is 1.19. The van der Waals surface area contributed by atoms with Gasteiger partial charge in [0.2, 0.25) is 0 Å². The Balaban J connectivity index is 2.16. The zero-order chi connectivity index (χ0) is 10.2. The molecule has 1 N–H and O–H groups in total. The van der Waals surface area contributed by atoms with E-state index < -0.39 is 0 Å². The van der Waals surface area contributed by atoms with Gasteiger partial charge in [-0.1, -0.05) is 12.8 Å². The summed E-state index contributed by atoms with van der Waals surface area (Å²) < 4.78 is 1.68. The van der Waals surface area contributed by atoms with Gasteiger partial charge in [-0.25, -0.2) is 4.98 Å². The first-order valence-electron chi connectivity index (χ1n) is 4.77. The van der Waals surface area contributed by atoms with Gasteiger partial charge in [0.25, 0.3) is 5.82 Å². The van der Waals surface area contributed by atoms with Gasteiger partial charge in [0.05, 0.1) is 0 Å². The molecule has 5 heteroatoms. The minimum Gasteiger partial charge on any atom is -0.396 e. The van der Waals surface area contributed by atoms with Crippen molar-refractivity contribution in [2.24, 2.45) is 0 Å². The standard InChI is InChI=1S/C9H14N4O/c10-7-9-11-8-13(12-9)5-3-1-2-4-6-14/h8,14H,1-6H2. The number of aromatic nitrogens is 3. The van der Waals surface area contributed by atoms with Crippen molar-refractivity contribution >= 4 is 0 Å².